The molecule has 0 N–H and O–H groups in total. The molecule has 10 heavy (non-hydrogen) atoms. The molecule has 0 heterocycles. The van der Waals surface area contributed by atoms with Crippen LogP contribution in [0.1, 0.15) is 13.8 Å². The molecule has 0 amide bonds. The fourth-order valence-corrected chi connectivity index (χ4v) is 0.298. The first-order valence-electron chi connectivity index (χ1n) is 3.11. The van der Waals surface area contributed by atoms with Gasteiger partial charge in [-0.1, -0.05) is 19.9 Å². The summed E-state index contributed by atoms with van der Waals surface area (Å²) in [7, 11) is 1.32. The molecule has 0 fully saturated rings. The van der Waals surface area contributed by atoms with Crippen LogP contribution in [-0.4, -0.2) is 19.0 Å². The molecule has 60 valence electrons. The highest BCUT2D eigenvalue weighted by Crippen LogP contribution is 1.79. The van der Waals surface area contributed by atoms with E-state index < -0.39 is 0 Å². The second-order valence-corrected chi connectivity index (χ2v) is 1.39. The highest BCUT2D eigenvalue weighted by molar-refractivity contribution is 6.19. The molecule has 0 saturated heterocycles. The molecule has 0 aromatic carbocycles. The number of methoxy groups -OCH3 is 1. The molecule has 0 aliphatic rings. The Morgan fingerprint density at radius 2 is 2.10 bits per heavy atom. The Bertz CT molecular complexity index is 99.8. The van der Waals surface area contributed by atoms with Crippen LogP contribution >= 0.6 is 11.6 Å². The number of allylic oxidation sites excluding steroid dienone is 1. The van der Waals surface area contributed by atoms with Gasteiger partial charge in [-0.15, -0.1) is 11.6 Å². The number of esters is 1. The largest absolute Gasteiger partial charge is 0.466 e. The minimum absolute atomic E-state index is 0.342. The molecule has 2 nitrogen and oxygen atoms in total. The average molecular weight is 165 g/mol. The maximum absolute atomic E-state index is 10.2. The van der Waals surface area contributed by atoms with Crippen LogP contribution in [0.25, 0.3) is 0 Å². The van der Waals surface area contributed by atoms with E-state index in [4.69, 9.17) is 11.6 Å². The first-order valence-corrected chi connectivity index (χ1v) is 3.65. The summed E-state index contributed by atoms with van der Waals surface area (Å²) in [6.45, 7) is 4.00. The summed E-state index contributed by atoms with van der Waals surface area (Å²) in [5, 5.41) is 0. The van der Waals surface area contributed by atoms with Gasteiger partial charge in [0.2, 0.25) is 0 Å². The van der Waals surface area contributed by atoms with Crippen LogP contribution in [0, 0.1) is 0 Å². The highest BCUT2D eigenvalue weighted by Gasteiger charge is 1.86. The van der Waals surface area contributed by atoms with Crippen LogP contribution in [0.5, 0.6) is 0 Å². The molecule has 0 radical (unpaired) electrons. The predicted molar refractivity (Wildman–Crippen MR) is 43.2 cm³/mol. The standard InChI is InChI=1S/C5H7ClO2.C2H6/c1-8-5(7)3-2-4-6;1-2/h2-3H,4H2,1H3;1-2H3/b3-2+;. The molecule has 0 atom stereocenters. The van der Waals surface area contributed by atoms with E-state index in [0.717, 1.165) is 0 Å². The van der Waals surface area contributed by atoms with Crippen molar-refractivity contribution in [1.29, 1.82) is 0 Å². The van der Waals surface area contributed by atoms with Gasteiger partial charge < -0.3 is 4.74 Å². The lowest BCUT2D eigenvalue weighted by atomic mass is 10.5. The minimum atomic E-state index is -0.370. The number of halogens is 1. The van der Waals surface area contributed by atoms with Gasteiger partial charge in [0.15, 0.2) is 0 Å². The van der Waals surface area contributed by atoms with Crippen LogP contribution in [0.4, 0.5) is 0 Å². The molecule has 0 aromatic heterocycles. The van der Waals surface area contributed by atoms with Crippen molar-refractivity contribution in [3.05, 3.63) is 12.2 Å². The summed E-state index contributed by atoms with van der Waals surface area (Å²) in [6, 6.07) is 0. The average Bonchev–Trinajstić information content (AvgIpc) is 2.04. The van der Waals surface area contributed by atoms with E-state index in [1.54, 1.807) is 0 Å². The summed E-state index contributed by atoms with van der Waals surface area (Å²) in [5.41, 5.74) is 0. The molecule has 0 rings (SSSR count). The molecule has 0 unspecified atom stereocenters. The molecule has 0 aliphatic carbocycles. The van der Waals surface area contributed by atoms with E-state index in [2.05, 4.69) is 4.74 Å². The SMILES string of the molecule is CC.COC(=O)/C=C/CCl. The first-order chi connectivity index (χ1) is 4.81. The fraction of sp³-hybridized carbons (Fsp3) is 0.571. The van der Waals surface area contributed by atoms with E-state index in [0.29, 0.717) is 5.88 Å². The zero-order valence-corrected chi connectivity index (χ0v) is 7.31. The number of hydrogen-bond acceptors (Lipinski definition) is 2. The summed E-state index contributed by atoms with van der Waals surface area (Å²) in [6.07, 6.45) is 2.81. The number of alkyl halides is 1. The molecule has 0 spiro atoms. The van der Waals surface area contributed by atoms with Gasteiger partial charge in [-0.25, -0.2) is 4.79 Å². The van der Waals surface area contributed by atoms with E-state index in [1.165, 1.54) is 19.3 Å². The number of ether oxygens (including phenoxy) is 1. The second-order valence-electron chi connectivity index (χ2n) is 1.08. The lowest BCUT2D eigenvalue weighted by Gasteiger charge is -1.85. The van der Waals surface area contributed by atoms with Crippen molar-refractivity contribution in [1.82, 2.24) is 0 Å². The van der Waals surface area contributed by atoms with Crippen LogP contribution in [0.15, 0.2) is 12.2 Å². The van der Waals surface area contributed by atoms with Crippen molar-refractivity contribution >= 4 is 17.6 Å². The van der Waals surface area contributed by atoms with E-state index in [1.807, 2.05) is 13.8 Å². The van der Waals surface area contributed by atoms with Crippen molar-refractivity contribution < 1.29 is 9.53 Å². The van der Waals surface area contributed by atoms with Gasteiger partial charge in [0, 0.05) is 12.0 Å². The van der Waals surface area contributed by atoms with Gasteiger partial charge in [-0.05, 0) is 0 Å². The Hall–Kier alpha value is -0.500. The maximum atomic E-state index is 10.2. The van der Waals surface area contributed by atoms with Gasteiger partial charge in [0.05, 0.1) is 7.11 Å². The molecule has 0 aromatic rings. The van der Waals surface area contributed by atoms with Crippen LogP contribution in [0.2, 0.25) is 0 Å². The van der Waals surface area contributed by atoms with Crippen molar-refractivity contribution in [2.45, 2.75) is 13.8 Å². The Morgan fingerprint density at radius 1 is 1.60 bits per heavy atom. The van der Waals surface area contributed by atoms with Gasteiger partial charge in [0.1, 0.15) is 0 Å². The number of hydrogen-bond donors (Lipinski definition) is 0. The number of rotatable bonds is 2. The van der Waals surface area contributed by atoms with Crippen LogP contribution < -0.4 is 0 Å². The van der Waals surface area contributed by atoms with Gasteiger partial charge in [-0.3, -0.25) is 0 Å². The normalized spacial score (nSPS) is 8.40. The molecule has 0 saturated carbocycles. The summed E-state index contributed by atoms with van der Waals surface area (Å²) in [4.78, 5) is 10.2. The Morgan fingerprint density at radius 3 is 2.40 bits per heavy atom. The zero-order valence-electron chi connectivity index (χ0n) is 6.56. The molecular weight excluding hydrogens is 152 g/mol. The minimum Gasteiger partial charge on any atom is -0.466 e. The Kier molecular flexibility index (Phi) is 13.8. The first kappa shape index (κ1) is 12.2. The van der Waals surface area contributed by atoms with E-state index >= 15 is 0 Å². The lowest BCUT2D eigenvalue weighted by Crippen LogP contribution is -1.93. The second kappa shape index (κ2) is 11.3. The third kappa shape index (κ3) is 10.5. The van der Waals surface area contributed by atoms with Crippen LogP contribution in [0.3, 0.4) is 0 Å². The van der Waals surface area contributed by atoms with Crippen molar-refractivity contribution in [3.63, 3.8) is 0 Å². The van der Waals surface area contributed by atoms with Crippen molar-refractivity contribution in [2.75, 3.05) is 13.0 Å². The third-order valence-corrected chi connectivity index (χ3v) is 0.722. The molecular formula is C7H13ClO2. The number of carbonyl (C=O) groups is 1. The fourth-order valence-electron chi connectivity index (χ4n) is 0.209. The number of carbonyl (C=O) groups excluding carboxylic acids is 1. The van der Waals surface area contributed by atoms with Crippen LogP contribution in [-0.2, 0) is 9.53 Å². The van der Waals surface area contributed by atoms with Gasteiger partial charge in [0.25, 0.3) is 0 Å². The predicted octanol–water partition coefficient (Wildman–Crippen LogP) is 1.98. The molecule has 3 heteroatoms. The quantitative estimate of drug-likeness (QED) is 0.355. The maximum Gasteiger partial charge on any atom is 0.330 e. The van der Waals surface area contributed by atoms with Crippen molar-refractivity contribution in [2.24, 2.45) is 0 Å². The van der Waals surface area contributed by atoms with E-state index in [9.17, 15) is 4.79 Å². The summed E-state index contributed by atoms with van der Waals surface area (Å²) < 4.78 is 4.27. The van der Waals surface area contributed by atoms with Crippen molar-refractivity contribution in [3.8, 4) is 0 Å². The monoisotopic (exact) mass is 164 g/mol. The zero-order chi connectivity index (χ0) is 8.41. The topological polar surface area (TPSA) is 26.3 Å². The Labute approximate surface area is 66.8 Å². The van der Waals surface area contributed by atoms with Gasteiger partial charge in [-0.2, -0.15) is 0 Å². The third-order valence-electron chi connectivity index (χ3n) is 0.544. The summed E-state index contributed by atoms with van der Waals surface area (Å²) >= 11 is 5.21. The van der Waals surface area contributed by atoms with Gasteiger partial charge >= 0.3 is 5.97 Å². The lowest BCUT2D eigenvalue weighted by molar-refractivity contribution is -0.134. The molecule has 0 aliphatic heterocycles. The highest BCUT2D eigenvalue weighted by atomic mass is 35.5. The molecule has 0 bridgehead atoms. The Balaban J connectivity index is 0. The van der Waals surface area contributed by atoms with E-state index in [-0.39, 0.29) is 5.97 Å². The summed E-state index contributed by atoms with van der Waals surface area (Å²) in [5.74, 6) is -0.0274. The smallest absolute Gasteiger partial charge is 0.330 e.